The maximum absolute atomic E-state index is 11.8. The van der Waals surface area contributed by atoms with Gasteiger partial charge in [0.2, 0.25) is 0 Å². The van der Waals surface area contributed by atoms with Crippen molar-refractivity contribution in [3.63, 3.8) is 0 Å². The highest BCUT2D eigenvalue weighted by Gasteiger charge is 2.25. The molecule has 1 atom stereocenters. The molecule has 16 heavy (non-hydrogen) atoms. The molecule has 0 fully saturated rings. The van der Waals surface area contributed by atoms with E-state index < -0.39 is 7.82 Å². The molecular weight excluding hydrogens is 229 g/mol. The van der Waals surface area contributed by atoms with Gasteiger partial charge < -0.3 is 5.32 Å². The summed E-state index contributed by atoms with van der Waals surface area (Å²) in [5.74, 6) is 0. The summed E-state index contributed by atoms with van der Waals surface area (Å²) in [6, 6.07) is 0. The van der Waals surface area contributed by atoms with Gasteiger partial charge in [0.1, 0.15) is 0 Å². The van der Waals surface area contributed by atoms with Gasteiger partial charge >= 0.3 is 7.82 Å². The van der Waals surface area contributed by atoms with E-state index in [0.717, 1.165) is 25.8 Å². The predicted octanol–water partition coefficient (Wildman–Crippen LogP) is 2.57. The Balaban J connectivity index is 3.66. The summed E-state index contributed by atoms with van der Waals surface area (Å²) in [6.45, 7) is 4.98. The third-order valence-corrected chi connectivity index (χ3v) is 3.51. The first-order valence-electron chi connectivity index (χ1n) is 5.67. The van der Waals surface area contributed by atoms with Crippen molar-refractivity contribution < 1.29 is 18.1 Å². The molecule has 6 heteroatoms. The Morgan fingerprint density at radius 3 is 2.44 bits per heavy atom. The van der Waals surface area contributed by atoms with E-state index in [4.69, 9.17) is 13.6 Å². The summed E-state index contributed by atoms with van der Waals surface area (Å²) >= 11 is 0. The Bertz CT molecular complexity index is 211. The van der Waals surface area contributed by atoms with Crippen LogP contribution in [0.3, 0.4) is 0 Å². The van der Waals surface area contributed by atoms with Gasteiger partial charge in [0.15, 0.2) is 0 Å². The fourth-order valence-corrected chi connectivity index (χ4v) is 2.26. The van der Waals surface area contributed by atoms with E-state index in [-0.39, 0.29) is 6.10 Å². The molecule has 0 aromatic rings. The molecule has 0 amide bonds. The summed E-state index contributed by atoms with van der Waals surface area (Å²) < 4.78 is 26.9. The van der Waals surface area contributed by atoms with Gasteiger partial charge in [-0.05, 0) is 46.7 Å². The molecule has 0 saturated heterocycles. The van der Waals surface area contributed by atoms with Crippen LogP contribution >= 0.6 is 7.82 Å². The second-order valence-corrected chi connectivity index (χ2v) is 5.51. The van der Waals surface area contributed by atoms with E-state index in [1.165, 1.54) is 7.11 Å². The monoisotopic (exact) mass is 253 g/mol. The largest absolute Gasteiger partial charge is 0.474 e. The third kappa shape index (κ3) is 8.25. The van der Waals surface area contributed by atoms with Crippen molar-refractivity contribution in [1.82, 2.24) is 5.32 Å². The molecule has 0 saturated carbocycles. The summed E-state index contributed by atoms with van der Waals surface area (Å²) in [5.41, 5.74) is 0. The molecule has 0 heterocycles. The van der Waals surface area contributed by atoms with Crippen molar-refractivity contribution in [3.05, 3.63) is 0 Å². The fourth-order valence-electron chi connectivity index (χ4n) is 1.14. The van der Waals surface area contributed by atoms with Crippen LogP contribution in [0.4, 0.5) is 0 Å². The number of rotatable bonds is 10. The lowest BCUT2D eigenvalue weighted by Gasteiger charge is -2.17. The van der Waals surface area contributed by atoms with Gasteiger partial charge in [0.25, 0.3) is 0 Å². The molecule has 0 aliphatic rings. The Morgan fingerprint density at radius 2 is 1.94 bits per heavy atom. The molecule has 0 aliphatic carbocycles. The van der Waals surface area contributed by atoms with Crippen LogP contribution in [0.1, 0.15) is 33.1 Å². The summed E-state index contributed by atoms with van der Waals surface area (Å²) in [7, 11) is -0.0674. The first kappa shape index (κ1) is 16.1. The molecule has 0 aliphatic heterocycles. The molecular formula is C10H24NO4P. The average molecular weight is 253 g/mol. The second kappa shape index (κ2) is 9.14. The maximum Gasteiger partial charge on any atom is 0.474 e. The number of hydrogen-bond donors (Lipinski definition) is 1. The zero-order valence-corrected chi connectivity index (χ0v) is 11.6. The Morgan fingerprint density at radius 1 is 1.25 bits per heavy atom. The van der Waals surface area contributed by atoms with Crippen molar-refractivity contribution in [2.24, 2.45) is 0 Å². The zero-order valence-electron chi connectivity index (χ0n) is 10.7. The van der Waals surface area contributed by atoms with Crippen LogP contribution in [-0.4, -0.2) is 33.4 Å². The zero-order chi connectivity index (χ0) is 12.4. The van der Waals surface area contributed by atoms with Gasteiger partial charge in [-0.1, -0.05) is 0 Å². The lowest BCUT2D eigenvalue weighted by molar-refractivity contribution is 0.104. The lowest BCUT2D eigenvalue weighted by Crippen LogP contribution is -2.08. The van der Waals surface area contributed by atoms with Gasteiger partial charge in [-0.2, -0.15) is 0 Å². The van der Waals surface area contributed by atoms with Gasteiger partial charge in [0.05, 0.1) is 12.7 Å². The van der Waals surface area contributed by atoms with Crippen LogP contribution in [-0.2, 0) is 18.1 Å². The highest BCUT2D eigenvalue weighted by molar-refractivity contribution is 7.48. The maximum atomic E-state index is 11.8. The SMILES string of the molecule is CNCCCCCOP(=O)(OC)OC(C)C. The standard InChI is InChI=1S/C10H24NO4P/c1-10(2)15-16(12,13-4)14-9-7-5-6-8-11-3/h10-11H,5-9H2,1-4H3. The van der Waals surface area contributed by atoms with Crippen molar-refractivity contribution in [1.29, 1.82) is 0 Å². The Labute approximate surface area is 98.5 Å². The molecule has 0 spiro atoms. The van der Waals surface area contributed by atoms with Gasteiger partial charge in [-0.3, -0.25) is 13.6 Å². The topological polar surface area (TPSA) is 56.8 Å². The molecule has 0 aromatic heterocycles. The molecule has 5 nitrogen and oxygen atoms in total. The summed E-state index contributed by atoms with van der Waals surface area (Å²) in [5, 5.41) is 3.07. The lowest BCUT2D eigenvalue weighted by atomic mass is 10.2. The molecule has 98 valence electrons. The highest BCUT2D eigenvalue weighted by Crippen LogP contribution is 2.49. The molecule has 1 N–H and O–H groups in total. The van der Waals surface area contributed by atoms with Crippen LogP contribution in [0.2, 0.25) is 0 Å². The normalized spacial score (nSPS) is 15.3. The predicted molar refractivity (Wildman–Crippen MR) is 64.6 cm³/mol. The second-order valence-electron chi connectivity index (χ2n) is 3.78. The molecule has 0 radical (unpaired) electrons. The highest BCUT2D eigenvalue weighted by atomic mass is 31.2. The number of hydrogen-bond acceptors (Lipinski definition) is 5. The van der Waals surface area contributed by atoms with Crippen LogP contribution in [0.15, 0.2) is 0 Å². The van der Waals surface area contributed by atoms with E-state index >= 15 is 0 Å². The quantitative estimate of drug-likeness (QED) is 0.479. The molecule has 0 bridgehead atoms. The Kier molecular flexibility index (Phi) is 9.18. The van der Waals surface area contributed by atoms with E-state index in [2.05, 4.69) is 5.32 Å². The van der Waals surface area contributed by atoms with Crippen molar-refractivity contribution in [3.8, 4) is 0 Å². The summed E-state index contributed by atoms with van der Waals surface area (Å²) in [4.78, 5) is 0. The van der Waals surface area contributed by atoms with Crippen molar-refractivity contribution in [2.45, 2.75) is 39.2 Å². The van der Waals surface area contributed by atoms with Crippen LogP contribution in [0.5, 0.6) is 0 Å². The minimum atomic E-state index is -3.33. The van der Waals surface area contributed by atoms with Crippen molar-refractivity contribution in [2.75, 3.05) is 27.3 Å². The molecule has 0 rings (SSSR count). The number of nitrogens with one attached hydrogen (secondary N) is 1. The minimum absolute atomic E-state index is 0.171. The van der Waals surface area contributed by atoms with E-state index in [1.807, 2.05) is 7.05 Å². The van der Waals surface area contributed by atoms with Gasteiger partial charge in [0, 0.05) is 7.11 Å². The summed E-state index contributed by atoms with van der Waals surface area (Å²) in [6.07, 6.45) is 2.81. The average Bonchev–Trinajstić information content (AvgIpc) is 2.22. The van der Waals surface area contributed by atoms with E-state index in [0.29, 0.717) is 6.61 Å². The van der Waals surface area contributed by atoms with Gasteiger partial charge in [-0.25, -0.2) is 4.57 Å². The van der Waals surface area contributed by atoms with Gasteiger partial charge in [-0.15, -0.1) is 0 Å². The van der Waals surface area contributed by atoms with E-state index in [9.17, 15) is 4.57 Å². The van der Waals surface area contributed by atoms with Crippen LogP contribution < -0.4 is 5.32 Å². The number of phosphoric acid groups is 1. The first-order chi connectivity index (χ1) is 7.54. The molecule has 1 unspecified atom stereocenters. The smallest absolute Gasteiger partial charge is 0.320 e. The van der Waals surface area contributed by atoms with Crippen LogP contribution in [0, 0.1) is 0 Å². The third-order valence-electron chi connectivity index (χ3n) is 1.88. The first-order valence-corrected chi connectivity index (χ1v) is 7.13. The minimum Gasteiger partial charge on any atom is -0.320 e. The molecule has 0 aromatic carbocycles. The number of unbranched alkanes of at least 4 members (excludes halogenated alkanes) is 2. The van der Waals surface area contributed by atoms with E-state index in [1.54, 1.807) is 13.8 Å². The van der Waals surface area contributed by atoms with Crippen LogP contribution in [0.25, 0.3) is 0 Å². The number of phosphoric ester groups is 1. The fraction of sp³-hybridized carbons (Fsp3) is 1.00. The van der Waals surface area contributed by atoms with Crippen molar-refractivity contribution >= 4 is 7.82 Å². The Hall–Kier alpha value is 0.0700.